The van der Waals surface area contributed by atoms with E-state index in [1.807, 2.05) is 24.3 Å². The van der Waals surface area contributed by atoms with E-state index in [1.54, 1.807) is 35.1 Å². The van der Waals surface area contributed by atoms with Gasteiger partial charge in [0.1, 0.15) is 11.5 Å². The van der Waals surface area contributed by atoms with Gasteiger partial charge in [0.15, 0.2) is 5.65 Å². The molecule has 0 bridgehead atoms. The van der Waals surface area contributed by atoms with Gasteiger partial charge >= 0.3 is 0 Å². The fourth-order valence-electron chi connectivity index (χ4n) is 3.73. The second-order valence-corrected chi connectivity index (χ2v) is 7.39. The van der Waals surface area contributed by atoms with E-state index < -0.39 is 0 Å². The van der Waals surface area contributed by atoms with E-state index in [0.717, 1.165) is 31.9 Å². The molecule has 0 spiro atoms. The summed E-state index contributed by atoms with van der Waals surface area (Å²) in [6.45, 7) is 3.88. The Hall–Kier alpha value is -3.78. The van der Waals surface area contributed by atoms with Crippen molar-refractivity contribution in [2.75, 3.05) is 36.4 Å². The number of hydrogen-bond donors (Lipinski definition) is 2. The van der Waals surface area contributed by atoms with Crippen molar-refractivity contribution in [1.29, 1.82) is 0 Å². The van der Waals surface area contributed by atoms with Crippen LogP contribution in [0.1, 0.15) is 10.5 Å². The topological polar surface area (TPSA) is 74.6 Å². The van der Waals surface area contributed by atoms with Gasteiger partial charge in [-0.2, -0.15) is 5.10 Å². The summed E-state index contributed by atoms with van der Waals surface area (Å²) >= 11 is 0. The van der Waals surface area contributed by atoms with Crippen LogP contribution in [0.4, 0.5) is 15.8 Å². The lowest BCUT2D eigenvalue weighted by molar-refractivity contribution is 0.102. The first-order valence-electron chi connectivity index (χ1n) is 10.1. The van der Waals surface area contributed by atoms with Gasteiger partial charge in [-0.3, -0.25) is 4.79 Å². The fraction of sp³-hybridized carbons (Fsp3) is 0.174. The number of carbonyl (C=O) groups is 1. The van der Waals surface area contributed by atoms with Crippen molar-refractivity contribution in [3.05, 3.63) is 78.5 Å². The van der Waals surface area contributed by atoms with Crippen LogP contribution in [-0.2, 0) is 0 Å². The molecular weight excluding hydrogens is 395 g/mol. The third-order valence-electron chi connectivity index (χ3n) is 5.34. The number of nitrogens with zero attached hydrogens (tertiary/aromatic N) is 4. The number of carbonyl (C=O) groups excluding carboxylic acids is 1. The molecule has 3 heterocycles. The Bertz CT molecular complexity index is 1230. The molecule has 1 fully saturated rings. The Morgan fingerprint density at radius 3 is 2.65 bits per heavy atom. The van der Waals surface area contributed by atoms with Crippen molar-refractivity contribution < 1.29 is 9.18 Å². The van der Waals surface area contributed by atoms with Crippen LogP contribution in [0.5, 0.6) is 0 Å². The van der Waals surface area contributed by atoms with Gasteiger partial charge in [0.05, 0.1) is 6.20 Å². The first kappa shape index (κ1) is 19.2. The summed E-state index contributed by atoms with van der Waals surface area (Å²) in [5.74, 6) is -0.654. The molecule has 4 aromatic rings. The first-order chi connectivity index (χ1) is 15.2. The van der Waals surface area contributed by atoms with E-state index in [2.05, 4.69) is 25.6 Å². The summed E-state index contributed by atoms with van der Waals surface area (Å²) in [5.41, 5.74) is 3.91. The predicted molar refractivity (Wildman–Crippen MR) is 118 cm³/mol. The number of piperazine rings is 1. The molecular formula is C23H21FN6O. The summed E-state index contributed by atoms with van der Waals surface area (Å²) in [6, 6.07) is 15.6. The minimum atomic E-state index is -0.338. The third-order valence-corrected chi connectivity index (χ3v) is 5.34. The van der Waals surface area contributed by atoms with Gasteiger partial charge in [0.25, 0.3) is 5.91 Å². The maximum absolute atomic E-state index is 13.6. The van der Waals surface area contributed by atoms with E-state index in [0.29, 0.717) is 22.5 Å². The van der Waals surface area contributed by atoms with Crippen molar-refractivity contribution in [1.82, 2.24) is 19.9 Å². The molecule has 156 valence electrons. The molecule has 0 radical (unpaired) electrons. The molecule has 0 atom stereocenters. The smallest absolute Gasteiger partial charge is 0.274 e. The average Bonchev–Trinajstić information content (AvgIpc) is 3.23. The summed E-state index contributed by atoms with van der Waals surface area (Å²) < 4.78 is 15.2. The Morgan fingerprint density at radius 1 is 1.06 bits per heavy atom. The van der Waals surface area contributed by atoms with Crippen LogP contribution in [0, 0.1) is 5.82 Å². The van der Waals surface area contributed by atoms with Crippen LogP contribution in [0.15, 0.2) is 67.0 Å². The van der Waals surface area contributed by atoms with Gasteiger partial charge in [-0.1, -0.05) is 12.1 Å². The zero-order valence-corrected chi connectivity index (χ0v) is 16.8. The second-order valence-electron chi connectivity index (χ2n) is 7.39. The van der Waals surface area contributed by atoms with Gasteiger partial charge in [-0.05, 0) is 48.0 Å². The number of nitrogens with one attached hydrogen (secondary N) is 2. The Labute approximate surface area is 178 Å². The third kappa shape index (κ3) is 3.97. The van der Waals surface area contributed by atoms with Crippen molar-refractivity contribution >= 4 is 22.9 Å². The Morgan fingerprint density at radius 2 is 1.87 bits per heavy atom. The van der Waals surface area contributed by atoms with Crippen LogP contribution >= 0.6 is 0 Å². The largest absolute Gasteiger partial charge is 0.369 e. The molecule has 0 aliphatic carbocycles. The monoisotopic (exact) mass is 416 g/mol. The van der Waals surface area contributed by atoms with Crippen LogP contribution in [0.3, 0.4) is 0 Å². The molecule has 1 saturated heterocycles. The molecule has 1 aliphatic rings. The maximum Gasteiger partial charge on any atom is 0.274 e. The van der Waals surface area contributed by atoms with E-state index in [1.165, 1.54) is 12.1 Å². The van der Waals surface area contributed by atoms with Crippen LogP contribution < -0.4 is 15.5 Å². The number of aromatic nitrogens is 3. The second kappa shape index (κ2) is 8.16. The average molecular weight is 416 g/mol. The minimum Gasteiger partial charge on any atom is -0.369 e. The number of rotatable bonds is 4. The van der Waals surface area contributed by atoms with Gasteiger partial charge in [0, 0.05) is 49.3 Å². The number of benzene rings is 2. The SMILES string of the molecule is O=C(Nc1ccc(N2CCNCC2)cc1)c1ccn2ncc(-c3cccc(F)c3)c2n1. The van der Waals surface area contributed by atoms with Crippen molar-refractivity contribution in [2.24, 2.45) is 0 Å². The molecule has 31 heavy (non-hydrogen) atoms. The number of anilines is 2. The zero-order valence-electron chi connectivity index (χ0n) is 16.8. The predicted octanol–water partition coefficient (Wildman–Crippen LogP) is 3.20. The highest BCUT2D eigenvalue weighted by Crippen LogP contribution is 2.24. The van der Waals surface area contributed by atoms with Crippen LogP contribution in [-0.4, -0.2) is 46.7 Å². The van der Waals surface area contributed by atoms with Crippen molar-refractivity contribution in [3.8, 4) is 11.1 Å². The van der Waals surface area contributed by atoms with E-state index in [9.17, 15) is 9.18 Å². The zero-order chi connectivity index (χ0) is 21.2. The molecule has 2 aromatic heterocycles. The molecule has 0 saturated carbocycles. The fourth-order valence-corrected chi connectivity index (χ4v) is 3.73. The molecule has 2 aromatic carbocycles. The van der Waals surface area contributed by atoms with E-state index in [4.69, 9.17) is 0 Å². The molecule has 8 heteroatoms. The summed E-state index contributed by atoms with van der Waals surface area (Å²) in [6.07, 6.45) is 3.29. The standard InChI is InChI=1S/C23H21FN6O/c24-17-3-1-2-16(14-17)20-15-26-30-11-8-21(28-22(20)30)23(31)27-18-4-6-19(7-5-18)29-12-9-25-10-13-29/h1-8,11,14-15,25H,9-10,12-13H2,(H,27,31). The molecule has 5 rings (SSSR count). The summed E-state index contributed by atoms with van der Waals surface area (Å²) in [4.78, 5) is 19.6. The highest BCUT2D eigenvalue weighted by molar-refractivity contribution is 6.03. The van der Waals surface area contributed by atoms with Crippen molar-refractivity contribution in [2.45, 2.75) is 0 Å². The van der Waals surface area contributed by atoms with Crippen LogP contribution in [0.25, 0.3) is 16.8 Å². The highest BCUT2D eigenvalue weighted by atomic mass is 19.1. The van der Waals surface area contributed by atoms with Gasteiger partial charge in [-0.15, -0.1) is 0 Å². The highest BCUT2D eigenvalue weighted by Gasteiger charge is 2.14. The number of halogens is 1. The lowest BCUT2D eigenvalue weighted by Crippen LogP contribution is -2.43. The lowest BCUT2D eigenvalue weighted by atomic mass is 10.1. The van der Waals surface area contributed by atoms with Crippen molar-refractivity contribution in [3.63, 3.8) is 0 Å². The lowest BCUT2D eigenvalue weighted by Gasteiger charge is -2.29. The molecule has 1 aliphatic heterocycles. The Balaban J connectivity index is 1.36. The number of hydrogen-bond acceptors (Lipinski definition) is 5. The van der Waals surface area contributed by atoms with Gasteiger partial charge in [0.2, 0.25) is 0 Å². The summed E-state index contributed by atoms with van der Waals surface area (Å²) in [7, 11) is 0. The number of amides is 1. The molecule has 0 unspecified atom stereocenters. The molecule has 7 nitrogen and oxygen atoms in total. The normalized spacial score (nSPS) is 14.0. The van der Waals surface area contributed by atoms with Crippen LogP contribution in [0.2, 0.25) is 0 Å². The summed E-state index contributed by atoms with van der Waals surface area (Å²) in [5, 5.41) is 10.5. The maximum atomic E-state index is 13.6. The Kier molecular flexibility index (Phi) is 5.05. The first-order valence-corrected chi connectivity index (χ1v) is 10.1. The van der Waals surface area contributed by atoms with Gasteiger partial charge < -0.3 is 15.5 Å². The number of fused-ring (bicyclic) bond motifs is 1. The van der Waals surface area contributed by atoms with E-state index >= 15 is 0 Å². The molecule has 1 amide bonds. The van der Waals surface area contributed by atoms with Gasteiger partial charge in [-0.25, -0.2) is 13.9 Å². The quantitative estimate of drug-likeness (QED) is 0.535. The van der Waals surface area contributed by atoms with E-state index in [-0.39, 0.29) is 17.4 Å². The molecule has 2 N–H and O–H groups in total. The minimum absolute atomic E-state index is 0.261.